The molecular formula is C20H20O6. The molecule has 1 atom stereocenters. The highest BCUT2D eigenvalue weighted by molar-refractivity contribution is 5.89. The van der Waals surface area contributed by atoms with Gasteiger partial charge in [0.25, 0.3) is 0 Å². The number of esters is 2. The molecule has 3 rings (SSSR count). The number of benzene rings is 2. The van der Waals surface area contributed by atoms with Gasteiger partial charge in [-0.05, 0) is 42.8 Å². The van der Waals surface area contributed by atoms with Crippen LogP contribution in [0, 0.1) is 0 Å². The van der Waals surface area contributed by atoms with E-state index < -0.39 is 18.0 Å². The van der Waals surface area contributed by atoms with Crippen LogP contribution in [0.5, 0.6) is 17.2 Å². The molecule has 1 aliphatic heterocycles. The number of rotatable bonds is 6. The van der Waals surface area contributed by atoms with Crippen molar-refractivity contribution in [3.05, 3.63) is 54.1 Å². The summed E-state index contributed by atoms with van der Waals surface area (Å²) < 4.78 is 21.6. The molecule has 6 nitrogen and oxygen atoms in total. The normalized spacial score (nSPS) is 15.2. The van der Waals surface area contributed by atoms with Crippen molar-refractivity contribution in [3.63, 3.8) is 0 Å². The highest BCUT2D eigenvalue weighted by Crippen LogP contribution is 2.31. The number of ether oxygens (including phenoxy) is 4. The first kappa shape index (κ1) is 17.8. The molecule has 26 heavy (non-hydrogen) atoms. The van der Waals surface area contributed by atoms with Crippen molar-refractivity contribution in [1.82, 2.24) is 0 Å². The SMILES string of the molecule is CCCCOC(=O)c1ccc(OC(=O)[C@H]2COc3ccccc3O2)cc1. The van der Waals surface area contributed by atoms with Crippen molar-refractivity contribution in [1.29, 1.82) is 0 Å². The van der Waals surface area contributed by atoms with Crippen molar-refractivity contribution < 1.29 is 28.5 Å². The Labute approximate surface area is 151 Å². The van der Waals surface area contributed by atoms with Crippen LogP contribution in [0.1, 0.15) is 30.1 Å². The fourth-order valence-electron chi connectivity index (χ4n) is 2.37. The van der Waals surface area contributed by atoms with Crippen LogP contribution in [0.2, 0.25) is 0 Å². The molecule has 136 valence electrons. The van der Waals surface area contributed by atoms with Gasteiger partial charge in [-0.1, -0.05) is 25.5 Å². The predicted molar refractivity (Wildman–Crippen MR) is 93.6 cm³/mol. The number of para-hydroxylation sites is 2. The molecule has 0 aromatic heterocycles. The highest BCUT2D eigenvalue weighted by Gasteiger charge is 2.29. The molecule has 1 aliphatic rings. The van der Waals surface area contributed by atoms with E-state index in [-0.39, 0.29) is 6.61 Å². The van der Waals surface area contributed by atoms with E-state index in [1.165, 1.54) is 0 Å². The van der Waals surface area contributed by atoms with Crippen LogP contribution in [0.3, 0.4) is 0 Å². The Morgan fingerprint density at radius 3 is 2.54 bits per heavy atom. The second kappa shape index (κ2) is 8.38. The lowest BCUT2D eigenvalue weighted by atomic mass is 10.2. The topological polar surface area (TPSA) is 71.1 Å². The summed E-state index contributed by atoms with van der Waals surface area (Å²) in [5, 5.41) is 0. The Morgan fingerprint density at radius 1 is 1.08 bits per heavy atom. The maximum absolute atomic E-state index is 12.3. The minimum atomic E-state index is -0.844. The van der Waals surface area contributed by atoms with Gasteiger partial charge < -0.3 is 18.9 Å². The average Bonchev–Trinajstić information content (AvgIpc) is 2.68. The fourth-order valence-corrected chi connectivity index (χ4v) is 2.37. The van der Waals surface area contributed by atoms with Crippen molar-refractivity contribution in [2.24, 2.45) is 0 Å². The van der Waals surface area contributed by atoms with Crippen LogP contribution >= 0.6 is 0 Å². The van der Waals surface area contributed by atoms with Gasteiger partial charge in [0.15, 0.2) is 11.5 Å². The molecule has 0 saturated carbocycles. The smallest absolute Gasteiger partial charge is 0.356 e. The van der Waals surface area contributed by atoms with E-state index >= 15 is 0 Å². The number of fused-ring (bicyclic) bond motifs is 1. The maximum Gasteiger partial charge on any atom is 0.356 e. The largest absolute Gasteiger partial charge is 0.485 e. The highest BCUT2D eigenvalue weighted by atomic mass is 16.6. The number of hydrogen-bond acceptors (Lipinski definition) is 6. The molecule has 0 radical (unpaired) electrons. The van der Waals surface area contributed by atoms with E-state index in [0.717, 1.165) is 12.8 Å². The first-order valence-corrected chi connectivity index (χ1v) is 8.54. The average molecular weight is 356 g/mol. The quantitative estimate of drug-likeness (QED) is 0.449. The van der Waals surface area contributed by atoms with Gasteiger partial charge >= 0.3 is 11.9 Å². The lowest BCUT2D eigenvalue weighted by Gasteiger charge is -2.24. The molecule has 0 spiro atoms. The minimum Gasteiger partial charge on any atom is -0.485 e. The molecule has 0 amide bonds. The Balaban J connectivity index is 1.56. The molecule has 0 bridgehead atoms. The summed E-state index contributed by atoms with van der Waals surface area (Å²) in [6, 6.07) is 13.3. The zero-order valence-corrected chi connectivity index (χ0v) is 14.5. The third-order valence-corrected chi connectivity index (χ3v) is 3.81. The van der Waals surface area contributed by atoms with Crippen molar-refractivity contribution >= 4 is 11.9 Å². The lowest BCUT2D eigenvalue weighted by Crippen LogP contribution is -2.39. The van der Waals surface area contributed by atoms with Crippen LogP contribution in [-0.2, 0) is 9.53 Å². The molecule has 0 unspecified atom stereocenters. The molecule has 2 aromatic carbocycles. The summed E-state index contributed by atoms with van der Waals surface area (Å²) in [7, 11) is 0. The van der Waals surface area contributed by atoms with Gasteiger partial charge in [0, 0.05) is 0 Å². The van der Waals surface area contributed by atoms with E-state index in [4.69, 9.17) is 18.9 Å². The summed E-state index contributed by atoms with van der Waals surface area (Å²) in [6.07, 6.45) is 0.941. The zero-order chi connectivity index (χ0) is 18.4. The van der Waals surface area contributed by atoms with Crippen LogP contribution < -0.4 is 14.2 Å². The summed E-state index contributed by atoms with van der Waals surface area (Å²) in [5.74, 6) is 0.477. The van der Waals surface area contributed by atoms with Gasteiger partial charge in [-0.2, -0.15) is 0 Å². The second-order valence-corrected chi connectivity index (χ2v) is 5.80. The van der Waals surface area contributed by atoms with Gasteiger partial charge in [-0.15, -0.1) is 0 Å². The fraction of sp³-hybridized carbons (Fsp3) is 0.300. The summed E-state index contributed by atoms with van der Waals surface area (Å²) in [4.78, 5) is 24.1. The second-order valence-electron chi connectivity index (χ2n) is 5.80. The maximum atomic E-state index is 12.3. The Hall–Kier alpha value is -3.02. The van der Waals surface area contributed by atoms with E-state index in [2.05, 4.69) is 0 Å². The third kappa shape index (κ3) is 4.33. The molecular weight excluding hydrogens is 336 g/mol. The van der Waals surface area contributed by atoms with Crippen LogP contribution in [0.25, 0.3) is 0 Å². The summed E-state index contributed by atoms with van der Waals surface area (Å²) in [6.45, 7) is 2.50. The van der Waals surface area contributed by atoms with Crippen molar-refractivity contribution in [3.8, 4) is 17.2 Å². The Bertz CT molecular complexity index is 768. The van der Waals surface area contributed by atoms with Gasteiger partial charge in [0.05, 0.1) is 12.2 Å². The molecule has 0 aliphatic carbocycles. The van der Waals surface area contributed by atoms with Crippen molar-refractivity contribution in [2.45, 2.75) is 25.9 Å². The van der Waals surface area contributed by atoms with Crippen molar-refractivity contribution in [2.75, 3.05) is 13.2 Å². The molecule has 0 fully saturated rings. The van der Waals surface area contributed by atoms with E-state index in [1.807, 2.05) is 13.0 Å². The monoisotopic (exact) mass is 356 g/mol. The van der Waals surface area contributed by atoms with Gasteiger partial charge in [-0.3, -0.25) is 0 Å². The van der Waals surface area contributed by atoms with Gasteiger partial charge in [0.1, 0.15) is 12.4 Å². The molecule has 0 saturated heterocycles. The molecule has 0 N–H and O–H groups in total. The summed E-state index contributed by atoms with van der Waals surface area (Å²) >= 11 is 0. The molecule has 6 heteroatoms. The van der Waals surface area contributed by atoms with Crippen LogP contribution in [-0.4, -0.2) is 31.3 Å². The van der Waals surface area contributed by atoms with Crippen LogP contribution in [0.15, 0.2) is 48.5 Å². The third-order valence-electron chi connectivity index (χ3n) is 3.81. The number of unbranched alkanes of at least 4 members (excludes halogenated alkanes) is 1. The molecule has 2 aromatic rings. The molecule has 1 heterocycles. The van der Waals surface area contributed by atoms with E-state index in [0.29, 0.717) is 29.4 Å². The van der Waals surface area contributed by atoms with E-state index in [1.54, 1.807) is 42.5 Å². The lowest BCUT2D eigenvalue weighted by molar-refractivity contribution is -0.144. The summed E-state index contributed by atoms with van der Waals surface area (Å²) in [5.41, 5.74) is 0.409. The van der Waals surface area contributed by atoms with Gasteiger partial charge in [-0.25, -0.2) is 9.59 Å². The zero-order valence-electron chi connectivity index (χ0n) is 14.5. The van der Waals surface area contributed by atoms with Gasteiger partial charge in [0.2, 0.25) is 6.10 Å². The first-order chi connectivity index (χ1) is 12.7. The number of hydrogen-bond donors (Lipinski definition) is 0. The number of carbonyl (C=O) groups is 2. The number of carbonyl (C=O) groups excluding carboxylic acids is 2. The van der Waals surface area contributed by atoms with Crippen LogP contribution in [0.4, 0.5) is 0 Å². The standard InChI is InChI=1S/C20H20O6/c1-2-3-12-23-19(21)14-8-10-15(11-9-14)25-20(22)18-13-24-16-6-4-5-7-17(16)26-18/h4-11,18H,2-3,12-13H2,1H3/t18-/m1/s1. The first-order valence-electron chi connectivity index (χ1n) is 8.54. The minimum absolute atomic E-state index is 0.0810. The predicted octanol–water partition coefficient (Wildman–Crippen LogP) is 3.39. The Morgan fingerprint density at radius 2 is 1.81 bits per heavy atom. The van der Waals surface area contributed by atoms with E-state index in [9.17, 15) is 9.59 Å². The Kier molecular flexibility index (Phi) is 5.73.